The molecule has 0 aliphatic rings. The summed E-state index contributed by atoms with van der Waals surface area (Å²) in [5.41, 5.74) is 4.18. The van der Waals surface area contributed by atoms with Gasteiger partial charge in [-0.2, -0.15) is 5.10 Å². The minimum Gasteiger partial charge on any atom is -0.321 e. The molecule has 0 aliphatic heterocycles. The highest BCUT2D eigenvalue weighted by Crippen LogP contribution is 2.24. The molecule has 3 rings (SSSR count). The highest BCUT2D eigenvalue weighted by Gasteiger charge is 2.13. The van der Waals surface area contributed by atoms with Gasteiger partial charge in [0.1, 0.15) is 11.5 Å². The highest BCUT2D eigenvalue weighted by atomic mass is 19.1. The zero-order valence-electron chi connectivity index (χ0n) is 15.2. The van der Waals surface area contributed by atoms with Crippen LogP contribution in [0.1, 0.15) is 41.5 Å². The Morgan fingerprint density at radius 1 is 1.15 bits per heavy atom. The van der Waals surface area contributed by atoms with E-state index in [4.69, 9.17) is 0 Å². The van der Waals surface area contributed by atoms with Crippen molar-refractivity contribution >= 4 is 11.6 Å². The van der Waals surface area contributed by atoms with Crippen LogP contribution in [0.2, 0.25) is 0 Å². The van der Waals surface area contributed by atoms with Gasteiger partial charge in [0.25, 0.3) is 5.91 Å². The molecule has 6 heteroatoms. The lowest BCUT2D eigenvalue weighted by Crippen LogP contribution is -2.14. The average molecular weight is 352 g/mol. The number of aromatic nitrogens is 3. The van der Waals surface area contributed by atoms with E-state index in [1.165, 1.54) is 12.1 Å². The van der Waals surface area contributed by atoms with Crippen molar-refractivity contribution in [2.75, 3.05) is 5.32 Å². The van der Waals surface area contributed by atoms with Crippen molar-refractivity contribution in [1.82, 2.24) is 14.8 Å². The third-order valence-electron chi connectivity index (χ3n) is 4.08. The van der Waals surface area contributed by atoms with Crippen LogP contribution < -0.4 is 5.32 Å². The van der Waals surface area contributed by atoms with Crippen molar-refractivity contribution in [2.24, 2.45) is 0 Å². The van der Waals surface area contributed by atoms with Crippen molar-refractivity contribution in [1.29, 1.82) is 0 Å². The number of anilines is 1. The first kappa shape index (κ1) is 17.8. The topological polar surface area (TPSA) is 59.8 Å². The second kappa shape index (κ2) is 7.07. The van der Waals surface area contributed by atoms with Gasteiger partial charge in [0.2, 0.25) is 0 Å². The number of halogens is 1. The number of pyridine rings is 1. The molecular weight excluding hydrogens is 331 g/mol. The first-order valence-electron chi connectivity index (χ1n) is 8.43. The molecule has 5 nitrogen and oxygen atoms in total. The first-order valence-corrected chi connectivity index (χ1v) is 8.43. The first-order chi connectivity index (χ1) is 12.3. The van der Waals surface area contributed by atoms with Crippen LogP contribution in [0, 0.1) is 19.7 Å². The summed E-state index contributed by atoms with van der Waals surface area (Å²) in [4.78, 5) is 16.7. The van der Waals surface area contributed by atoms with E-state index in [0.29, 0.717) is 5.69 Å². The van der Waals surface area contributed by atoms with Gasteiger partial charge in [-0.1, -0.05) is 0 Å². The number of hydrogen-bond donors (Lipinski definition) is 1. The Hall–Kier alpha value is -3.02. The quantitative estimate of drug-likeness (QED) is 0.750. The zero-order valence-corrected chi connectivity index (χ0v) is 15.2. The molecule has 3 aromatic rings. The van der Waals surface area contributed by atoms with Gasteiger partial charge in [0.15, 0.2) is 0 Å². The van der Waals surface area contributed by atoms with Crippen LogP contribution in [0.4, 0.5) is 10.1 Å². The second-order valence-electron chi connectivity index (χ2n) is 6.66. The van der Waals surface area contributed by atoms with Crippen molar-refractivity contribution in [2.45, 2.75) is 33.7 Å². The summed E-state index contributed by atoms with van der Waals surface area (Å²) in [5, 5.41) is 7.05. The molecule has 1 N–H and O–H groups in total. The number of amides is 1. The number of carbonyl (C=O) groups is 1. The van der Waals surface area contributed by atoms with E-state index in [0.717, 1.165) is 22.3 Å². The van der Waals surface area contributed by atoms with E-state index in [9.17, 15) is 9.18 Å². The molecule has 0 saturated heterocycles. The molecule has 0 aliphatic carbocycles. The van der Waals surface area contributed by atoms with Gasteiger partial charge in [0, 0.05) is 29.7 Å². The second-order valence-corrected chi connectivity index (χ2v) is 6.66. The van der Waals surface area contributed by atoms with Gasteiger partial charge < -0.3 is 5.32 Å². The lowest BCUT2D eigenvalue weighted by atomic mass is 10.0. The van der Waals surface area contributed by atoms with Crippen molar-refractivity contribution in [3.63, 3.8) is 0 Å². The normalized spacial score (nSPS) is 11.0. The third kappa shape index (κ3) is 3.79. The van der Waals surface area contributed by atoms with Crippen LogP contribution in [0.5, 0.6) is 0 Å². The van der Waals surface area contributed by atoms with E-state index >= 15 is 0 Å². The van der Waals surface area contributed by atoms with Gasteiger partial charge in [-0.3, -0.25) is 14.5 Å². The molecule has 1 amide bonds. The lowest BCUT2D eigenvalue weighted by molar-refractivity contribution is 0.102. The molecule has 0 fully saturated rings. The van der Waals surface area contributed by atoms with Gasteiger partial charge in [-0.15, -0.1) is 0 Å². The number of rotatable bonds is 4. The van der Waals surface area contributed by atoms with Crippen molar-refractivity contribution in [3.8, 4) is 11.1 Å². The third-order valence-corrected chi connectivity index (χ3v) is 4.08. The Balaban J connectivity index is 1.89. The van der Waals surface area contributed by atoms with E-state index in [2.05, 4.69) is 29.2 Å². The monoisotopic (exact) mass is 352 g/mol. The van der Waals surface area contributed by atoms with Crippen LogP contribution in [-0.4, -0.2) is 20.7 Å². The number of nitrogens with zero attached hydrogens (tertiary/aromatic N) is 3. The van der Waals surface area contributed by atoms with E-state index in [1.807, 2.05) is 17.8 Å². The molecule has 0 unspecified atom stereocenters. The Bertz CT molecular complexity index is 942. The van der Waals surface area contributed by atoms with Gasteiger partial charge in [-0.25, -0.2) is 4.39 Å². The lowest BCUT2D eigenvalue weighted by Gasteiger charge is -2.09. The van der Waals surface area contributed by atoms with Crippen LogP contribution in [0.15, 0.2) is 42.9 Å². The smallest absolute Gasteiger partial charge is 0.274 e. The predicted octanol–water partition coefficient (Wildman–Crippen LogP) is 4.53. The molecular formula is C20H21FN4O. The van der Waals surface area contributed by atoms with E-state index in [-0.39, 0.29) is 23.5 Å². The summed E-state index contributed by atoms with van der Waals surface area (Å²) in [6.07, 6.45) is 5.39. The average Bonchev–Trinajstić information content (AvgIpc) is 3.04. The van der Waals surface area contributed by atoms with E-state index in [1.54, 1.807) is 31.5 Å². The fourth-order valence-electron chi connectivity index (χ4n) is 2.72. The van der Waals surface area contributed by atoms with Crippen LogP contribution >= 0.6 is 0 Å². The van der Waals surface area contributed by atoms with E-state index < -0.39 is 0 Å². The molecule has 0 saturated carbocycles. The fraction of sp³-hybridized carbons (Fsp3) is 0.250. The minimum atomic E-state index is -0.390. The van der Waals surface area contributed by atoms with Gasteiger partial charge >= 0.3 is 0 Å². The number of hydrogen-bond acceptors (Lipinski definition) is 3. The molecule has 134 valence electrons. The maximum Gasteiger partial charge on any atom is 0.274 e. The summed E-state index contributed by atoms with van der Waals surface area (Å²) in [6, 6.07) is 6.39. The molecule has 2 heterocycles. The van der Waals surface area contributed by atoms with Crippen molar-refractivity contribution < 1.29 is 9.18 Å². The molecule has 0 spiro atoms. The predicted molar refractivity (Wildman–Crippen MR) is 99.7 cm³/mol. The Kier molecular flexibility index (Phi) is 4.84. The Labute approximate surface area is 151 Å². The molecule has 26 heavy (non-hydrogen) atoms. The Morgan fingerprint density at radius 3 is 2.58 bits per heavy atom. The van der Waals surface area contributed by atoms with Crippen molar-refractivity contribution in [3.05, 3.63) is 65.5 Å². The van der Waals surface area contributed by atoms with Crippen LogP contribution in [-0.2, 0) is 0 Å². The summed E-state index contributed by atoms with van der Waals surface area (Å²) >= 11 is 0. The van der Waals surface area contributed by atoms with Gasteiger partial charge in [0.05, 0.1) is 6.20 Å². The summed E-state index contributed by atoms with van der Waals surface area (Å²) in [5.74, 6) is -0.772. The van der Waals surface area contributed by atoms with Gasteiger partial charge in [-0.05, 0) is 68.7 Å². The number of carbonyl (C=O) groups excluding carboxylic acids is 1. The number of aryl methyl sites for hydroxylation is 2. The maximum absolute atomic E-state index is 13.5. The number of benzene rings is 1. The van der Waals surface area contributed by atoms with Crippen LogP contribution in [0.25, 0.3) is 11.1 Å². The molecule has 0 atom stereocenters. The largest absolute Gasteiger partial charge is 0.321 e. The zero-order chi connectivity index (χ0) is 18.8. The molecule has 2 aromatic heterocycles. The van der Waals surface area contributed by atoms with Crippen LogP contribution in [0.3, 0.4) is 0 Å². The molecule has 0 bridgehead atoms. The summed E-state index contributed by atoms with van der Waals surface area (Å²) in [6.45, 7) is 7.81. The highest BCUT2D eigenvalue weighted by molar-refractivity contribution is 6.03. The fourth-order valence-corrected chi connectivity index (χ4v) is 2.72. The molecule has 0 radical (unpaired) electrons. The maximum atomic E-state index is 13.5. The summed E-state index contributed by atoms with van der Waals surface area (Å²) < 4.78 is 15.4. The SMILES string of the molecule is Cc1cc(F)cc(NC(=O)c2cc(-c3cnn(C(C)C)c3)c(C)cn2)c1. The summed E-state index contributed by atoms with van der Waals surface area (Å²) in [7, 11) is 0. The minimum absolute atomic E-state index is 0.255. The number of nitrogens with one attached hydrogen (secondary N) is 1. The molecule has 1 aromatic carbocycles. The standard InChI is InChI=1S/C20H21FN4O/c1-12(2)25-11-15(10-23-25)18-8-19(22-9-14(18)4)20(26)24-17-6-13(3)5-16(21)7-17/h5-12H,1-4H3,(H,24,26). The Morgan fingerprint density at radius 2 is 1.92 bits per heavy atom.